The number of aliphatic hydroxyl groups is 1. The zero-order valence-electron chi connectivity index (χ0n) is 17.8. The smallest absolute Gasteiger partial charge is 0.171 e. The molecule has 0 atom stereocenters. The molecule has 157 valence electrons. The third-order valence-electron chi connectivity index (χ3n) is 5.10. The van der Waals surface area contributed by atoms with Crippen molar-refractivity contribution in [3.05, 3.63) is 76.8 Å². The fraction of sp³-hybridized carbons (Fsp3) is 0.273. The summed E-state index contributed by atoms with van der Waals surface area (Å²) in [6.07, 6.45) is 3.87. The number of unbranched alkanes of at least 4 members (excludes halogenated alkanes) is 1. The van der Waals surface area contributed by atoms with E-state index in [-0.39, 0.29) is 58.0 Å². The van der Waals surface area contributed by atoms with Gasteiger partial charge in [0, 0.05) is 70.0 Å². The van der Waals surface area contributed by atoms with Crippen LogP contribution in [0.3, 0.4) is 0 Å². The quantitative estimate of drug-likeness (QED) is 0.447. The number of benzene rings is 2. The van der Waals surface area contributed by atoms with Crippen molar-refractivity contribution >= 4 is 68.8 Å². The number of aromatic nitrogens is 2. The van der Waals surface area contributed by atoms with E-state index < -0.39 is 0 Å². The number of hydrogen-bond acceptors (Lipinski definition) is 6. The summed E-state index contributed by atoms with van der Waals surface area (Å²) >= 11 is 6.02. The van der Waals surface area contributed by atoms with Crippen molar-refractivity contribution in [2.75, 3.05) is 6.54 Å². The van der Waals surface area contributed by atoms with E-state index in [1.54, 1.807) is 6.33 Å². The average molecular weight is 464 g/mol. The van der Waals surface area contributed by atoms with Crippen LogP contribution in [-0.4, -0.2) is 83.5 Å². The molecule has 2 aromatic carbocycles. The standard InChI is InChI=1S/C22H25ClN6O.K/c1-2-3-12-29-26-22(25-27-29)19-7-5-4-6-18(19)17-10-8-16(9-11-17)13-28-15-24-21(23)20(28)14-30;/h4-11,15,27,30H,2-3,12-14H2,1H3,(H,25,26);. The van der Waals surface area contributed by atoms with E-state index in [0.717, 1.165) is 47.5 Å². The number of aliphatic hydroxyl groups excluding tert-OH is 1. The largest absolute Gasteiger partial charge is 0.390 e. The number of nitrogens with zero attached hydrogens (tertiary/aromatic N) is 4. The average Bonchev–Trinajstić information content (AvgIpc) is 3.39. The monoisotopic (exact) mass is 463 g/mol. The van der Waals surface area contributed by atoms with E-state index in [9.17, 15) is 5.11 Å². The summed E-state index contributed by atoms with van der Waals surface area (Å²) < 4.78 is 1.86. The molecule has 4 rings (SSSR count). The van der Waals surface area contributed by atoms with E-state index in [1.807, 2.05) is 21.8 Å². The van der Waals surface area contributed by atoms with Gasteiger partial charge in [-0.15, -0.1) is 10.2 Å². The van der Waals surface area contributed by atoms with Crippen LogP contribution in [0.2, 0.25) is 5.15 Å². The van der Waals surface area contributed by atoms with Gasteiger partial charge in [-0.1, -0.05) is 73.5 Å². The minimum atomic E-state index is -0.136. The third-order valence-corrected chi connectivity index (χ3v) is 5.42. The van der Waals surface area contributed by atoms with Crippen LogP contribution in [0.4, 0.5) is 0 Å². The normalized spacial score (nSPS) is 13.3. The second-order valence-electron chi connectivity index (χ2n) is 7.19. The Kier molecular flexibility index (Phi) is 9.12. The van der Waals surface area contributed by atoms with Crippen molar-refractivity contribution in [1.82, 2.24) is 25.6 Å². The van der Waals surface area contributed by atoms with Crippen LogP contribution >= 0.6 is 11.6 Å². The first-order valence-corrected chi connectivity index (χ1v) is 10.4. The molecule has 3 aromatic rings. The number of halogens is 1. The van der Waals surface area contributed by atoms with Crippen LogP contribution in [0.15, 0.2) is 60.0 Å². The summed E-state index contributed by atoms with van der Waals surface area (Å²) in [5.74, 6) is 0.812. The second-order valence-corrected chi connectivity index (χ2v) is 7.55. The van der Waals surface area contributed by atoms with Gasteiger partial charge in [0.15, 0.2) is 11.0 Å². The molecule has 0 fully saturated rings. The van der Waals surface area contributed by atoms with Gasteiger partial charge < -0.3 is 9.67 Å². The summed E-state index contributed by atoms with van der Waals surface area (Å²) in [5.41, 5.74) is 11.4. The molecule has 0 saturated heterocycles. The molecule has 0 spiro atoms. The van der Waals surface area contributed by atoms with Crippen molar-refractivity contribution in [2.45, 2.75) is 32.9 Å². The minimum Gasteiger partial charge on any atom is -0.390 e. The molecule has 2 heterocycles. The van der Waals surface area contributed by atoms with Crippen molar-refractivity contribution in [3.63, 3.8) is 0 Å². The molecule has 3 N–H and O–H groups in total. The van der Waals surface area contributed by atoms with Crippen LogP contribution in [0.1, 0.15) is 36.6 Å². The van der Waals surface area contributed by atoms with E-state index in [0.29, 0.717) is 17.4 Å². The van der Waals surface area contributed by atoms with Crippen LogP contribution in [0.5, 0.6) is 0 Å². The van der Waals surface area contributed by atoms with Gasteiger partial charge in [-0.05, 0) is 23.1 Å². The Morgan fingerprint density at radius 3 is 2.52 bits per heavy atom. The summed E-state index contributed by atoms with van der Waals surface area (Å²) in [5, 5.41) is 16.2. The number of hydrazine groups is 2. The topological polar surface area (TPSA) is 77.7 Å². The molecule has 0 unspecified atom stereocenters. The molecule has 0 aliphatic carbocycles. The first-order chi connectivity index (χ1) is 14.7. The first-order valence-electron chi connectivity index (χ1n) is 10.1. The second kappa shape index (κ2) is 11.6. The van der Waals surface area contributed by atoms with Gasteiger partial charge >= 0.3 is 0 Å². The van der Waals surface area contributed by atoms with Gasteiger partial charge in [0.1, 0.15) is 0 Å². The SMILES string of the molecule is CCCCN1NN=C(c2ccccc2-c2ccc(Cn3cnc(Cl)c3CO)cc2)N1.[K]. The summed E-state index contributed by atoms with van der Waals surface area (Å²) in [6.45, 7) is 3.52. The predicted octanol–water partition coefficient (Wildman–Crippen LogP) is 3.15. The molecule has 1 aliphatic heterocycles. The van der Waals surface area contributed by atoms with Crippen molar-refractivity contribution in [2.24, 2.45) is 5.10 Å². The fourth-order valence-electron chi connectivity index (χ4n) is 3.43. The van der Waals surface area contributed by atoms with Crippen molar-refractivity contribution in [3.8, 4) is 11.1 Å². The number of amidine groups is 1. The fourth-order valence-corrected chi connectivity index (χ4v) is 3.65. The number of nitrogens with one attached hydrogen (secondary N) is 2. The Balaban J connectivity index is 0.00000272. The third kappa shape index (κ3) is 5.77. The number of hydrogen-bond donors (Lipinski definition) is 3. The maximum absolute atomic E-state index is 9.49. The van der Waals surface area contributed by atoms with Crippen LogP contribution in [0, 0.1) is 0 Å². The summed E-state index contributed by atoms with van der Waals surface area (Å²) in [6, 6.07) is 16.6. The van der Waals surface area contributed by atoms with Crippen LogP contribution < -0.4 is 11.0 Å². The molecule has 31 heavy (non-hydrogen) atoms. The van der Waals surface area contributed by atoms with Crippen LogP contribution in [-0.2, 0) is 13.2 Å². The predicted molar refractivity (Wildman–Crippen MR) is 124 cm³/mol. The van der Waals surface area contributed by atoms with E-state index in [2.05, 4.69) is 64.4 Å². The zero-order valence-corrected chi connectivity index (χ0v) is 21.7. The number of hydrazone groups is 1. The number of imidazole rings is 1. The van der Waals surface area contributed by atoms with Gasteiger partial charge in [0.05, 0.1) is 18.6 Å². The molecule has 1 aromatic heterocycles. The van der Waals surface area contributed by atoms with Crippen molar-refractivity contribution < 1.29 is 5.11 Å². The maximum atomic E-state index is 9.49. The molecular formula is C22H25ClKN6O. The van der Waals surface area contributed by atoms with E-state index in [4.69, 9.17) is 11.6 Å². The summed E-state index contributed by atoms with van der Waals surface area (Å²) in [7, 11) is 0. The number of rotatable bonds is 8. The first kappa shape index (κ1) is 24.4. The minimum absolute atomic E-state index is 0. The van der Waals surface area contributed by atoms with E-state index in [1.165, 1.54) is 0 Å². The zero-order chi connectivity index (χ0) is 20.9. The molecule has 0 bridgehead atoms. The molecule has 0 amide bonds. The maximum Gasteiger partial charge on any atom is 0.171 e. The Morgan fingerprint density at radius 2 is 1.81 bits per heavy atom. The van der Waals surface area contributed by atoms with Gasteiger partial charge in [-0.3, -0.25) is 5.43 Å². The molecule has 9 heteroatoms. The Morgan fingerprint density at radius 1 is 1.06 bits per heavy atom. The van der Waals surface area contributed by atoms with Crippen LogP contribution in [0.25, 0.3) is 11.1 Å². The van der Waals surface area contributed by atoms with Gasteiger partial charge in [-0.25, -0.2) is 10.5 Å². The van der Waals surface area contributed by atoms with Gasteiger partial charge in [-0.2, -0.15) is 0 Å². The molecule has 1 radical (unpaired) electrons. The Bertz CT molecular complexity index is 1040. The Hall–Kier alpha value is -1.23. The van der Waals surface area contributed by atoms with Gasteiger partial charge in [0.25, 0.3) is 0 Å². The molecule has 7 nitrogen and oxygen atoms in total. The van der Waals surface area contributed by atoms with Crippen molar-refractivity contribution in [1.29, 1.82) is 0 Å². The van der Waals surface area contributed by atoms with E-state index >= 15 is 0 Å². The van der Waals surface area contributed by atoms with Gasteiger partial charge in [0.2, 0.25) is 0 Å². The molecule has 1 aliphatic rings. The Labute approximate surface area is 229 Å². The molecule has 0 saturated carbocycles. The summed E-state index contributed by atoms with van der Waals surface area (Å²) in [4.78, 5) is 4.07. The molecular weight excluding hydrogens is 439 g/mol.